The second-order valence-corrected chi connectivity index (χ2v) is 8.07. The van der Waals surface area contributed by atoms with Crippen LogP contribution in [0, 0.1) is 11.7 Å². The first-order chi connectivity index (χ1) is 14.1. The molecule has 1 aliphatic rings. The van der Waals surface area contributed by atoms with Crippen LogP contribution in [0.3, 0.4) is 0 Å². The highest BCUT2D eigenvalue weighted by Crippen LogP contribution is 2.23. The average Bonchev–Trinajstić information content (AvgIpc) is 3.05. The van der Waals surface area contributed by atoms with Crippen LogP contribution in [-0.4, -0.2) is 26.3 Å². The van der Waals surface area contributed by atoms with E-state index in [-0.39, 0.29) is 18.5 Å². The van der Waals surface area contributed by atoms with Crippen molar-refractivity contribution in [3.8, 4) is 17.1 Å². The van der Waals surface area contributed by atoms with Crippen molar-refractivity contribution < 1.29 is 4.79 Å². The number of hydrogen-bond donors (Lipinski definition) is 1. The minimum atomic E-state index is -0.0264. The van der Waals surface area contributed by atoms with Gasteiger partial charge in [0.15, 0.2) is 5.82 Å². The predicted octanol–water partition coefficient (Wildman–Crippen LogP) is 4.83. The van der Waals surface area contributed by atoms with Gasteiger partial charge in [0.25, 0.3) is 0 Å². The SMILES string of the molecule is Cc1cccc(-n2c(-c3ccccc3)nn(CC(=O)NC3CCCCC3)c2=S)c1. The van der Waals surface area contributed by atoms with Gasteiger partial charge < -0.3 is 5.32 Å². The van der Waals surface area contributed by atoms with E-state index in [4.69, 9.17) is 17.3 Å². The zero-order chi connectivity index (χ0) is 20.2. The first kappa shape index (κ1) is 19.6. The van der Waals surface area contributed by atoms with E-state index >= 15 is 0 Å². The van der Waals surface area contributed by atoms with Crippen molar-refractivity contribution in [1.82, 2.24) is 19.7 Å². The number of aromatic nitrogens is 3. The molecule has 1 fully saturated rings. The van der Waals surface area contributed by atoms with Gasteiger partial charge in [0.05, 0.1) is 5.69 Å². The number of carbonyl (C=O) groups excluding carboxylic acids is 1. The van der Waals surface area contributed by atoms with Crippen molar-refractivity contribution in [2.75, 3.05) is 0 Å². The molecule has 2 aromatic carbocycles. The number of nitrogens with one attached hydrogen (secondary N) is 1. The van der Waals surface area contributed by atoms with Crippen LogP contribution in [0.2, 0.25) is 0 Å². The molecule has 3 aromatic rings. The van der Waals surface area contributed by atoms with E-state index in [2.05, 4.69) is 24.4 Å². The zero-order valence-corrected chi connectivity index (χ0v) is 17.5. The standard InChI is InChI=1S/C23H26N4OS/c1-17-9-8-14-20(15-17)27-22(18-10-4-2-5-11-18)25-26(23(27)29)16-21(28)24-19-12-6-3-7-13-19/h2,4-5,8-11,14-15,19H,3,6-7,12-13,16H2,1H3,(H,24,28). The van der Waals surface area contributed by atoms with E-state index in [1.165, 1.54) is 19.3 Å². The Morgan fingerprint density at radius 3 is 2.59 bits per heavy atom. The molecule has 1 amide bonds. The second-order valence-electron chi connectivity index (χ2n) is 7.71. The van der Waals surface area contributed by atoms with Crippen molar-refractivity contribution in [2.24, 2.45) is 0 Å². The fraction of sp³-hybridized carbons (Fsp3) is 0.348. The van der Waals surface area contributed by atoms with Gasteiger partial charge in [-0.1, -0.05) is 61.7 Å². The maximum absolute atomic E-state index is 12.7. The monoisotopic (exact) mass is 406 g/mol. The van der Waals surface area contributed by atoms with Crippen LogP contribution in [0.1, 0.15) is 37.7 Å². The molecule has 150 valence electrons. The molecule has 5 nitrogen and oxygen atoms in total. The summed E-state index contributed by atoms with van der Waals surface area (Å²) in [6.07, 6.45) is 5.75. The van der Waals surface area contributed by atoms with E-state index < -0.39 is 0 Å². The number of nitrogens with zero attached hydrogens (tertiary/aromatic N) is 3. The van der Waals surface area contributed by atoms with Crippen molar-refractivity contribution in [1.29, 1.82) is 0 Å². The smallest absolute Gasteiger partial charge is 0.242 e. The summed E-state index contributed by atoms with van der Waals surface area (Å²) in [7, 11) is 0. The van der Waals surface area contributed by atoms with Crippen LogP contribution in [0.15, 0.2) is 54.6 Å². The van der Waals surface area contributed by atoms with Gasteiger partial charge >= 0.3 is 0 Å². The van der Waals surface area contributed by atoms with Gasteiger partial charge in [-0.2, -0.15) is 5.10 Å². The Kier molecular flexibility index (Phi) is 5.90. The van der Waals surface area contributed by atoms with Crippen molar-refractivity contribution in [3.63, 3.8) is 0 Å². The summed E-state index contributed by atoms with van der Waals surface area (Å²) in [5, 5.41) is 7.89. The molecule has 1 N–H and O–H groups in total. The highest BCUT2D eigenvalue weighted by molar-refractivity contribution is 7.71. The van der Waals surface area contributed by atoms with E-state index in [0.717, 1.165) is 35.5 Å². The summed E-state index contributed by atoms with van der Waals surface area (Å²) in [5.41, 5.74) is 3.06. The van der Waals surface area contributed by atoms with Crippen LogP contribution in [0.4, 0.5) is 0 Å². The number of hydrogen-bond acceptors (Lipinski definition) is 3. The fourth-order valence-corrected chi connectivity index (χ4v) is 4.24. The maximum Gasteiger partial charge on any atom is 0.242 e. The minimum absolute atomic E-state index is 0.0264. The third kappa shape index (κ3) is 4.48. The van der Waals surface area contributed by atoms with E-state index in [0.29, 0.717) is 4.77 Å². The molecule has 1 saturated carbocycles. The van der Waals surface area contributed by atoms with Gasteiger partial charge in [-0.25, -0.2) is 4.68 Å². The molecule has 4 rings (SSSR count). The number of benzene rings is 2. The normalized spacial score (nSPS) is 14.7. The Hall–Kier alpha value is -2.73. The molecular weight excluding hydrogens is 380 g/mol. The summed E-state index contributed by atoms with van der Waals surface area (Å²) in [6, 6.07) is 18.4. The Balaban J connectivity index is 1.68. The predicted molar refractivity (Wildman–Crippen MR) is 118 cm³/mol. The maximum atomic E-state index is 12.7. The summed E-state index contributed by atoms with van der Waals surface area (Å²) < 4.78 is 4.11. The van der Waals surface area contributed by atoms with Crippen LogP contribution in [0.25, 0.3) is 17.1 Å². The number of rotatable bonds is 5. The molecular formula is C23H26N4OS. The van der Waals surface area contributed by atoms with E-state index in [9.17, 15) is 4.79 Å². The molecule has 0 spiro atoms. The molecule has 0 radical (unpaired) electrons. The molecule has 6 heteroatoms. The molecule has 1 aromatic heterocycles. The quantitative estimate of drug-likeness (QED) is 0.618. The number of carbonyl (C=O) groups is 1. The number of amides is 1. The highest BCUT2D eigenvalue weighted by Gasteiger charge is 2.19. The molecule has 0 aliphatic heterocycles. The first-order valence-corrected chi connectivity index (χ1v) is 10.6. The number of aryl methyl sites for hydroxylation is 1. The molecule has 1 heterocycles. The van der Waals surface area contributed by atoms with Gasteiger partial charge in [-0.15, -0.1) is 0 Å². The summed E-state index contributed by atoms with van der Waals surface area (Å²) >= 11 is 5.74. The molecule has 1 aliphatic carbocycles. The lowest BCUT2D eigenvalue weighted by atomic mass is 9.95. The Morgan fingerprint density at radius 1 is 1.10 bits per heavy atom. The lowest BCUT2D eigenvalue weighted by Crippen LogP contribution is -2.38. The molecule has 0 saturated heterocycles. The van der Waals surface area contributed by atoms with Crippen LogP contribution >= 0.6 is 12.2 Å². The molecule has 29 heavy (non-hydrogen) atoms. The third-order valence-corrected chi connectivity index (χ3v) is 5.79. The average molecular weight is 407 g/mol. The topological polar surface area (TPSA) is 51.9 Å². The van der Waals surface area contributed by atoms with Gasteiger partial charge in [0.1, 0.15) is 6.54 Å². The van der Waals surface area contributed by atoms with Crippen molar-refractivity contribution >= 4 is 18.1 Å². The third-order valence-electron chi connectivity index (χ3n) is 5.39. The zero-order valence-electron chi connectivity index (χ0n) is 16.7. The fourth-order valence-electron chi connectivity index (χ4n) is 3.94. The lowest BCUT2D eigenvalue weighted by Gasteiger charge is -2.22. The lowest BCUT2D eigenvalue weighted by molar-refractivity contribution is -0.122. The van der Waals surface area contributed by atoms with Crippen LogP contribution < -0.4 is 5.32 Å². The molecule has 0 bridgehead atoms. The van der Waals surface area contributed by atoms with E-state index in [1.54, 1.807) is 4.68 Å². The Labute approximate surface area is 176 Å². The second kappa shape index (κ2) is 8.74. The van der Waals surface area contributed by atoms with Gasteiger partial charge in [-0.3, -0.25) is 9.36 Å². The minimum Gasteiger partial charge on any atom is -0.352 e. The van der Waals surface area contributed by atoms with Gasteiger partial charge in [-0.05, 0) is 49.7 Å². The van der Waals surface area contributed by atoms with Crippen molar-refractivity contribution in [2.45, 2.75) is 51.6 Å². The Bertz CT molecular complexity index is 1050. The van der Waals surface area contributed by atoms with Crippen LogP contribution in [-0.2, 0) is 11.3 Å². The molecule has 0 atom stereocenters. The largest absolute Gasteiger partial charge is 0.352 e. The van der Waals surface area contributed by atoms with Gasteiger partial charge in [0, 0.05) is 11.6 Å². The Morgan fingerprint density at radius 2 is 1.86 bits per heavy atom. The van der Waals surface area contributed by atoms with Gasteiger partial charge in [0.2, 0.25) is 10.7 Å². The van der Waals surface area contributed by atoms with Crippen LogP contribution in [0.5, 0.6) is 0 Å². The summed E-state index contributed by atoms with van der Waals surface area (Å²) in [4.78, 5) is 12.7. The molecule has 0 unspecified atom stereocenters. The summed E-state index contributed by atoms with van der Waals surface area (Å²) in [6.45, 7) is 2.19. The first-order valence-electron chi connectivity index (χ1n) is 10.2. The van der Waals surface area contributed by atoms with E-state index in [1.807, 2.05) is 47.0 Å². The summed E-state index contributed by atoms with van der Waals surface area (Å²) in [5.74, 6) is 0.716. The highest BCUT2D eigenvalue weighted by atomic mass is 32.1. The van der Waals surface area contributed by atoms with Crippen molar-refractivity contribution in [3.05, 3.63) is 64.9 Å².